The highest BCUT2D eigenvalue weighted by atomic mass is 16.2. The van der Waals surface area contributed by atoms with E-state index < -0.39 is 5.91 Å². The van der Waals surface area contributed by atoms with Gasteiger partial charge in [0.25, 0.3) is 0 Å². The molecule has 0 aromatic heterocycles. The number of nitrogens with two attached hydrogens (primary N) is 1. The zero-order valence-corrected chi connectivity index (χ0v) is 14.3. The van der Waals surface area contributed by atoms with Crippen LogP contribution in [0.5, 0.6) is 0 Å². The smallest absolute Gasteiger partial charge is 0.248 e. The molecule has 1 aliphatic heterocycles. The maximum absolute atomic E-state index is 12.3. The number of allylic oxidation sites excluding steroid dienone is 2. The molecule has 1 aromatic carbocycles. The Bertz CT molecular complexity index is 743. The van der Waals surface area contributed by atoms with Crippen LogP contribution in [0.25, 0.3) is 0 Å². The van der Waals surface area contributed by atoms with E-state index in [-0.39, 0.29) is 42.5 Å². The number of nitrogens with one attached hydrogen (secondary N) is 1. The SMILES string of the molecule is NC(=O)c1ccc(NC(=O)CCCN2C(=O)[C@H]3CC=CC[C@H]3C2=O)cc1. The van der Waals surface area contributed by atoms with E-state index in [2.05, 4.69) is 5.32 Å². The van der Waals surface area contributed by atoms with Gasteiger partial charge in [-0.2, -0.15) is 0 Å². The van der Waals surface area contributed by atoms with Gasteiger partial charge in [0.15, 0.2) is 0 Å². The van der Waals surface area contributed by atoms with Crippen LogP contribution in [-0.2, 0) is 14.4 Å². The molecule has 1 heterocycles. The summed E-state index contributed by atoms with van der Waals surface area (Å²) in [6.45, 7) is 0.263. The summed E-state index contributed by atoms with van der Waals surface area (Å²) in [7, 11) is 0. The molecule has 0 spiro atoms. The van der Waals surface area contributed by atoms with Gasteiger partial charge in [-0.3, -0.25) is 24.1 Å². The lowest BCUT2D eigenvalue weighted by molar-refractivity contribution is -0.140. The van der Waals surface area contributed by atoms with Crippen molar-refractivity contribution in [3.8, 4) is 0 Å². The monoisotopic (exact) mass is 355 g/mol. The molecule has 1 aromatic rings. The maximum Gasteiger partial charge on any atom is 0.248 e. The van der Waals surface area contributed by atoms with E-state index in [4.69, 9.17) is 5.73 Å². The summed E-state index contributed by atoms with van der Waals surface area (Å²) in [6, 6.07) is 6.27. The molecule has 1 fully saturated rings. The molecule has 0 saturated carbocycles. The highest BCUT2D eigenvalue weighted by molar-refractivity contribution is 6.05. The quantitative estimate of drug-likeness (QED) is 0.594. The number of hydrogen-bond acceptors (Lipinski definition) is 4. The number of hydrogen-bond donors (Lipinski definition) is 2. The highest BCUT2D eigenvalue weighted by Gasteiger charge is 2.46. The summed E-state index contributed by atoms with van der Waals surface area (Å²) in [5, 5.41) is 2.72. The summed E-state index contributed by atoms with van der Waals surface area (Å²) in [4.78, 5) is 49.0. The lowest BCUT2D eigenvalue weighted by atomic mass is 9.85. The third kappa shape index (κ3) is 3.66. The second-order valence-electron chi connectivity index (χ2n) is 6.58. The van der Waals surface area contributed by atoms with Gasteiger partial charge in [0, 0.05) is 24.2 Å². The summed E-state index contributed by atoms with van der Waals surface area (Å²) in [5.41, 5.74) is 6.09. The van der Waals surface area contributed by atoms with Crippen molar-refractivity contribution in [1.82, 2.24) is 4.90 Å². The summed E-state index contributed by atoms with van der Waals surface area (Å²) in [5.74, 6) is -1.44. The van der Waals surface area contributed by atoms with Crippen molar-refractivity contribution >= 4 is 29.3 Å². The molecule has 0 radical (unpaired) electrons. The van der Waals surface area contributed by atoms with Crippen molar-refractivity contribution in [3.63, 3.8) is 0 Å². The topological polar surface area (TPSA) is 110 Å². The van der Waals surface area contributed by atoms with Crippen molar-refractivity contribution in [2.45, 2.75) is 25.7 Å². The van der Waals surface area contributed by atoms with E-state index in [1.165, 1.54) is 17.0 Å². The van der Waals surface area contributed by atoms with Crippen molar-refractivity contribution in [2.24, 2.45) is 17.6 Å². The molecule has 7 nitrogen and oxygen atoms in total. The van der Waals surface area contributed by atoms with Crippen LogP contribution in [0.2, 0.25) is 0 Å². The van der Waals surface area contributed by atoms with Crippen molar-refractivity contribution in [1.29, 1.82) is 0 Å². The molecule has 3 N–H and O–H groups in total. The zero-order valence-electron chi connectivity index (χ0n) is 14.3. The number of rotatable bonds is 6. The first-order valence-corrected chi connectivity index (χ1v) is 8.67. The Morgan fingerprint density at radius 1 is 1.04 bits per heavy atom. The van der Waals surface area contributed by atoms with Crippen LogP contribution in [-0.4, -0.2) is 35.1 Å². The molecular formula is C19H21N3O4. The lowest BCUT2D eigenvalue weighted by Gasteiger charge is -2.14. The molecule has 4 amide bonds. The minimum atomic E-state index is -0.529. The number of carbonyl (C=O) groups excluding carboxylic acids is 4. The first-order valence-electron chi connectivity index (χ1n) is 8.67. The number of amides is 4. The van der Waals surface area contributed by atoms with E-state index in [1.54, 1.807) is 12.1 Å². The molecule has 7 heteroatoms. The van der Waals surface area contributed by atoms with Gasteiger partial charge in [-0.1, -0.05) is 12.2 Å². The van der Waals surface area contributed by atoms with E-state index in [0.29, 0.717) is 30.5 Å². The second-order valence-corrected chi connectivity index (χ2v) is 6.58. The van der Waals surface area contributed by atoms with Gasteiger partial charge < -0.3 is 11.1 Å². The highest BCUT2D eigenvalue weighted by Crippen LogP contribution is 2.35. The van der Waals surface area contributed by atoms with Crippen LogP contribution >= 0.6 is 0 Å². The number of benzene rings is 1. The Balaban J connectivity index is 1.47. The Morgan fingerprint density at radius 3 is 2.15 bits per heavy atom. The molecule has 0 unspecified atom stereocenters. The largest absolute Gasteiger partial charge is 0.366 e. The molecule has 0 bridgehead atoms. The first-order chi connectivity index (χ1) is 12.5. The predicted octanol–water partition coefficient (Wildman–Crippen LogP) is 1.46. The number of nitrogens with zero attached hydrogens (tertiary/aromatic N) is 1. The third-order valence-electron chi connectivity index (χ3n) is 4.84. The molecular weight excluding hydrogens is 334 g/mol. The van der Waals surface area contributed by atoms with Crippen LogP contribution in [0.4, 0.5) is 5.69 Å². The normalized spacial score (nSPS) is 21.6. The number of carbonyl (C=O) groups is 4. The van der Waals surface area contributed by atoms with Crippen LogP contribution in [0.1, 0.15) is 36.0 Å². The van der Waals surface area contributed by atoms with Gasteiger partial charge in [-0.25, -0.2) is 0 Å². The summed E-state index contributed by atoms with van der Waals surface area (Å²) >= 11 is 0. The van der Waals surface area contributed by atoms with Crippen LogP contribution < -0.4 is 11.1 Å². The van der Waals surface area contributed by atoms with Crippen molar-refractivity contribution in [2.75, 3.05) is 11.9 Å². The molecule has 2 atom stereocenters. The summed E-state index contributed by atoms with van der Waals surface area (Å²) < 4.78 is 0. The Kier molecular flexibility index (Phi) is 5.16. The molecule has 1 aliphatic carbocycles. The Hall–Kier alpha value is -2.96. The van der Waals surface area contributed by atoms with E-state index in [0.717, 1.165) is 0 Å². The van der Waals surface area contributed by atoms with Gasteiger partial charge in [-0.05, 0) is 43.5 Å². The maximum atomic E-state index is 12.3. The predicted molar refractivity (Wildman–Crippen MR) is 94.9 cm³/mol. The first kappa shape index (κ1) is 17.8. The number of imide groups is 1. The average molecular weight is 355 g/mol. The second kappa shape index (κ2) is 7.51. The van der Waals surface area contributed by atoms with Crippen molar-refractivity contribution < 1.29 is 19.2 Å². The Labute approximate surface area is 151 Å². The molecule has 2 aliphatic rings. The van der Waals surface area contributed by atoms with Gasteiger partial charge >= 0.3 is 0 Å². The number of primary amides is 1. The minimum absolute atomic E-state index is 0.119. The van der Waals surface area contributed by atoms with Crippen LogP contribution in [0.3, 0.4) is 0 Å². The third-order valence-corrected chi connectivity index (χ3v) is 4.84. The standard InChI is InChI=1S/C19H21N3O4/c20-17(24)12-7-9-13(10-8-12)21-16(23)6-3-11-22-18(25)14-4-1-2-5-15(14)19(22)26/h1-2,7-10,14-15H,3-6,11H2,(H2,20,24)(H,21,23)/t14-,15+. The van der Waals surface area contributed by atoms with E-state index in [1.807, 2.05) is 12.2 Å². The fourth-order valence-electron chi connectivity index (χ4n) is 3.43. The van der Waals surface area contributed by atoms with Gasteiger partial charge in [0.1, 0.15) is 0 Å². The lowest BCUT2D eigenvalue weighted by Crippen LogP contribution is -2.32. The molecule has 1 saturated heterocycles. The minimum Gasteiger partial charge on any atom is -0.366 e. The number of fused-ring (bicyclic) bond motifs is 1. The number of likely N-dealkylation sites (tertiary alicyclic amines) is 1. The zero-order chi connectivity index (χ0) is 18.7. The van der Waals surface area contributed by atoms with E-state index >= 15 is 0 Å². The van der Waals surface area contributed by atoms with Gasteiger partial charge in [-0.15, -0.1) is 0 Å². The van der Waals surface area contributed by atoms with Crippen LogP contribution in [0.15, 0.2) is 36.4 Å². The molecule has 3 rings (SSSR count). The molecule has 26 heavy (non-hydrogen) atoms. The fourth-order valence-corrected chi connectivity index (χ4v) is 3.43. The Morgan fingerprint density at radius 2 is 1.62 bits per heavy atom. The fraction of sp³-hybridized carbons (Fsp3) is 0.368. The van der Waals surface area contributed by atoms with Crippen LogP contribution in [0, 0.1) is 11.8 Å². The average Bonchev–Trinajstić information content (AvgIpc) is 2.87. The van der Waals surface area contributed by atoms with Gasteiger partial charge in [0.2, 0.25) is 23.6 Å². The van der Waals surface area contributed by atoms with E-state index in [9.17, 15) is 19.2 Å². The summed E-state index contributed by atoms with van der Waals surface area (Å²) in [6.07, 6.45) is 5.75. The number of anilines is 1. The van der Waals surface area contributed by atoms with Gasteiger partial charge in [0.05, 0.1) is 11.8 Å². The van der Waals surface area contributed by atoms with Crippen molar-refractivity contribution in [3.05, 3.63) is 42.0 Å². The molecule has 136 valence electrons.